The van der Waals surface area contributed by atoms with E-state index >= 15 is 0 Å². The third-order valence-electron chi connectivity index (χ3n) is 3.97. The molecule has 1 unspecified atom stereocenters. The molecule has 3 rings (SSSR count). The van der Waals surface area contributed by atoms with Gasteiger partial charge in [-0.15, -0.1) is 24.9 Å². The first-order valence-corrected chi connectivity index (χ1v) is 11.7. The number of alkyl halides is 3. The van der Waals surface area contributed by atoms with Gasteiger partial charge in [-0.1, -0.05) is 13.8 Å². The number of thioether (sulfide) groups is 1. The van der Waals surface area contributed by atoms with E-state index in [0.717, 1.165) is 22.0 Å². The number of aromatic nitrogens is 2. The summed E-state index contributed by atoms with van der Waals surface area (Å²) in [5.74, 6) is 0.268. The number of hydrogen-bond donors (Lipinski definition) is 1. The minimum absolute atomic E-state index is 0.294. The Kier molecular flexibility index (Phi) is 9.54. The van der Waals surface area contributed by atoms with Gasteiger partial charge in [-0.25, -0.2) is 9.78 Å². The van der Waals surface area contributed by atoms with Crippen molar-refractivity contribution in [3.63, 3.8) is 0 Å². The standard InChI is InChI=1S/C20H17F3N2O4S2.C2H6/c1-11-9-15(7-8-16(11)28-12(2)19(26)27)30-10-17-24-18(31-25-17)13-3-5-14(6-4-13)29-20(21,22)23;1-2/h3-9,12H,10H2,1-2H3,(H,26,27);1-2H3. The molecule has 1 aromatic heterocycles. The van der Waals surface area contributed by atoms with Crippen LogP contribution in [0.5, 0.6) is 11.5 Å². The molecule has 0 radical (unpaired) electrons. The van der Waals surface area contributed by atoms with Crippen LogP contribution in [0.15, 0.2) is 47.4 Å². The highest BCUT2D eigenvalue weighted by molar-refractivity contribution is 7.98. The summed E-state index contributed by atoms with van der Waals surface area (Å²) in [6, 6.07) is 10.9. The van der Waals surface area contributed by atoms with Crippen molar-refractivity contribution in [3.05, 3.63) is 53.9 Å². The van der Waals surface area contributed by atoms with Crippen LogP contribution in [0.2, 0.25) is 0 Å². The van der Waals surface area contributed by atoms with Crippen LogP contribution >= 0.6 is 23.3 Å². The maximum absolute atomic E-state index is 12.3. The zero-order valence-electron chi connectivity index (χ0n) is 18.3. The highest BCUT2D eigenvalue weighted by Crippen LogP contribution is 2.30. The van der Waals surface area contributed by atoms with Gasteiger partial charge in [-0.2, -0.15) is 4.37 Å². The molecule has 0 amide bonds. The summed E-state index contributed by atoms with van der Waals surface area (Å²) >= 11 is 2.66. The van der Waals surface area contributed by atoms with Crippen molar-refractivity contribution in [3.8, 4) is 22.1 Å². The second-order valence-electron chi connectivity index (χ2n) is 6.40. The average molecular weight is 501 g/mol. The smallest absolute Gasteiger partial charge is 0.479 e. The van der Waals surface area contributed by atoms with Gasteiger partial charge in [0, 0.05) is 10.5 Å². The third-order valence-corrected chi connectivity index (χ3v) is 5.76. The molecule has 33 heavy (non-hydrogen) atoms. The van der Waals surface area contributed by atoms with Crippen molar-refractivity contribution >= 4 is 29.3 Å². The minimum atomic E-state index is -4.73. The SMILES string of the molecule is CC.Cc1cc(SCc2nsc(-c3ccc(OC(F)(F)F)cc3)n2)ccc1OC(C)C(=O)O. The van der Waals surface area contributed by atoms with E-state index in [1.165, 1.54) is 43.0 Å². The molecule has 1 atom stereocenters. The van der Waals surface area contributed by atoms with E-state index in [2.05, 4.69) is 14.1 Å². The Labute approximate surface area is 197 Å². The summed E-state index contributed by atoms with van der Waals surface area (Å²) in [5.41, 5.74) is 1.46. The fourth-order valence-corrected chi connectivity index (χ4v) is 4.08. The van der Waals surface area contributed by atoms with Crippen LogP contribution in [-0.4, -0.2) is 32.9 Å². The Morgan fingerprint density at radius 1 is 1.18 bits per heavy atom. The van der Waals surface area contributed by atoms with E-state index in [9.17, 15) is 18.0 Å². The molecule has 6 nitrogen and oxygen atoms in total. The summed E-state index contributed by atoms with van der Waals surface area (Å²) < 4.78 is 50.3. The van der Waals surface area contributed by atoms with Gasteiger partial charge in [-0.3, -0.25) is 0 Å². The van der Waals surface area contributed by atoms with E-state index in [1.807, 2.05) is 32.9 Å². The van der Waals surface area contributed by atoms with Crippen LogP contribution in [-0.2, 0) is 10.5 Å². The zero-order valence-corrected chi connectivity index (χ0v) is 20.0. The van der Waals surface area contributed by atoms with Crippen LogP contribution in [0.1, 0.15) is 32.2 Å². The number of carboxylic acids is 1. The van der Waals surface area contributed by atoms with Crippen molar-refractivity contribution in [2.24, 2.45) is 0 Å². The van der Waals surface area contributed by atoms with Crippen molar-refractivity contribution < 1.29 is 32.5 Å². The molecule has 0 spiro atoms. The Morgan fingerprint density at radius 2 is 1.85 bits per heavy atom. The number of ether oxygens (including phenoxy) is 2. The number of aliphatic carboxylic acids is 1. The maximum atomic E-state index is 12.3. The van der Waals surface area contributed by atoms with Gasteiger partial charge >= 0.3 is 12.3 Å². The maximum Gasteiger partial charge on any atom is 0.573 e. The molecular weight excluding hydrogens is 477 g/mol. The molecule has 2 aromatic carbocycles. The fourth-order valence-electron chi connectivity index (χ4n) is 2.46. The summed E-state index contributed by atoms with van der Waals surface area (Å²) in [5, 5.41) is 9.54. The van der Waals surface area contributed by atoms with Crippen LogP contribution in [0, 0.1) is 6.92 Å². The Hall–Kier alpha value is -2.79. The minimum Gasteiger partial charge on any atom is -0.479 e. The lowest BCUT2D eigenvalue weighted by atomic mass is 10.2. The molecule has 0 aliphatic rings. The lowest BCUT2D eigenvalue weighted by molar-refractivity contribution is -0.274. The van der Waals surface area contributed by atoms with E-state index < -0.39 is 18.4 Å². The molecule has 1 heterocycles. The Morgan fingerprint density at radius 3 is 2.42 bits per heavy atom. The average Bonchev–Trinajstić information content (AvgIpc) is 3.24. The first-order chi connectivity index (χ1) is 15.6. The molecular formula is C22H23F3N2O4S2. The van der Waals surface area contributed by atoms with Gasteiger partial charge in [0.05, 0.1) is 5.75 Å². The fraction of sp³-hybridized carbons (Fsp3) is 0.318. The number of hydrogen-bond acceptors (Lipinski definition) is 7. The highest BCUT2D eigenvalue weighted by Gasteiger charge is 2.31. The van der Waals surface area contributed by atoms with E-state index in [1.54, 1.807) is 6.07 Å². The van der Waals surface area contributed by atoms with E-state index in [4.69, 9.17) is 9.84 Å². The second-order valence-corrected chi connectivity index (χ2v) is 8.20. The Balaban J connectivity index is 0.00000187. The van der Waals surface area contributed by atoms with Crippen LogP contribution in [0.3, 0.4) is 0 Å². The number of halogens is 3. The molecule has 0 aliphatic carbocycles. The molecule has 0 bridgehead atoms. The molecule has 0 saturated heterocycles. The van der Waals surface area contributed by atoms with Crippen molar-refractivity contribution in [1.29, 1.82) is 0 Å². The van der Waals surface area contributed by atoms with Gasteiger partial charge in [0.15, 0.2) is 11.9 Å². The topological polar surface area (TPSA) is 81.5 Å². The van der Waals surface area contributed by atoms with Gasteiger partial charge in [0.25, 0.3) is 0 Å². The normalized spacial score (nSPS) is 11.8. The molecule has 11 heteroatoms. The zero-order chi connectivity index (χ0) is 24.6. The summed E-state index contributed by atoms with van der Waals surface area (Å²) in [6.07, 6.45) is -5.67. The summed E-state index contributed by atoms with van der Waals surface area (Å²) in [4.78, 5) is 16.3. The van der Waals surface area contributed by atoms with Crippen LogP contribution in [0.25, 0.3) is 10.6 Å². The molecule has 0 fully saturated rings. The van der Waals surface area contributed by atoms with Crippen LogP contribution in [0.4, 0.5) is 13.2 Å². The number of carboxylic acid groups (broad SMARTS) is 1. The van der Waals surface area contributed by atoms with Gasteiger partial charge in [0.2, 0.25) is 0 Å². The first-order valence-electron chi connectivity index (χ1n) is 9.92. The number of nitrogens with zero attached hydrogens (tertiary/aromatic N) is 2. The Bertz CT molecular complexity index is 1060. The van der Waals surface area contributed by atoms with Gasteiger partial charge in [0.1, 0.15) is 16.5 Å². The van der Waals surface area contributed by atoms with Crippen molar-refractivity contribution in [2.45, 2.75) is 50.8 Å². The van der Waals surface area contributed by atoms with Gasteiger partial charge < -0.3 is 14.6 Å². The largest absolute Gasteiger partial charge is 0.573 e. The van der Waals surface area contributed by atoms with Gasteiger partial charge in [-0.05, 0) is 73.4 Å². The predicted octanol–water partition coefficient (Wildman–Crippen LogP) is 6.58. The summed E-state index contributed by atoms with van der Waals surface area (Å²) in [6.45, 7) is 7.30. The predicted molar refractivity (Wildman–Crippen MR) is 122 cm³/mol. The molecule has 0 saturated carbocycles. The highest BCUT2D eigenvalue weighted by atomic mass is 32.2. The van der Waals surface area contributed by atoms with Crippen molar-refractivity contribution in [2.75, 3.05) is 0 Å². The quantitative estimate of drug-likeness (QED) is 0.350. The van der Waals surface area contributed by atoms with Crippen LogP contribution < -0.4 is 9.47 Å². The lowest BCUT2D eigenvalue weighted by Crippen LogP contribution is -2.23. The number of aryl methyl sites for hydroxylation is 1. The monoisotopic (exact) mass is 500 g/mol. The molecule has 3 aromatic rings. The molecule has 0 aliphatic heterocycles. The first kappa shape index (κ1) is 26.5. The van der Waals surface area contributed by atoms with Crippen molar-refractivity contribution in [1.82, 2.24) is 9.36 Å². The number of benzene rings is 2. The number of rotatable bonds is 8. The second kappa shape index (κ2) is 11.9. The number of carbonyl (C=O) groups is 1. The summed E-state index contributed by atoms with van der Waals surface area (Å²) in [7, 11) is 0. The third kappa shape index (κ3) is 8.25. The lowest BCUT2D eigenvalue weighted by Gasteiger charge is -2.13. The molecule has 1 N–H and O–H groups in total. The van der Waals surface area contributed by atoms with E-state index in [0.29, 0.717) is 27.9 Å². The van der Waals surface area contributed by atoms with E-state index in [-0.39, 0.29) is 5.75 Å². The molecule has 178 valence electrons.